The molecule has 0 bridgehead atoms. The molecule has 0 saturated carbocycles. The highest BCUT2D eigenvalue weighted by molar-refractivity contribution is 14.1. The SMILES string of the molecule is CCCC[S+]([O-])N1CC=C(C(=O)OCC)[C@@H]1Cc1ccccc1I. The quantitative estimate of drug-likeness (QED) is 0.338. The fourth-order valence-corrected chi connectivity index (χ4v) is 4.83. The van der Waals surface area contributed by atoms with Crippen molar-refractivity contribution in [2.45, 2.75) is 39.2 Å². The Morgan fingerprint density at radius 2 is 2.17 bits per heavy atom. The topological polar surface area (TPSA) is 52.6 Å². The highest BCUT2D eigenvalue weighted by Crippen LogP contribution is 2.28. The van der Waals surface area contributed by atoms with Gasteiger partial charge in [-0.05, 0) is 54.0 Å². The Labute approximate surface area is 161 Å². The maximum Gasteiger partial charge on any atom is 0.335 e. The van der Waals surface area contributed by atoms with Crippen LogP contribution in [0.2, 0.25) is 0 Å². The Hall–Kier alpha value is -0.570. The number of rotatable bonds is 8. The molecule has 2 atom stereocenters. The molecule has 1 aliphatic rings. The summed E-state index contributed by atoms with van der Waals surface area (Å²) in [4.78, 5) is 12.3. The first-order chi connectivity index (χ1) is 11.6. The predicted molar refractivity (Wildman–Crippen MR) is 106 cm³/mol. The molecule has 0 N–H and O–H groups in total. The lowest BCUT2D eigenvalue weighted by atomic mass is 10.0. The van der Waals surface area contributed by atoms with Crippen LogP contribution in [0.1, 0.15) is 32.3 Å². The number of benzene rings is 1. The number of hydrogen-bond donors (Lipinski definition) is 0. The summed E-state index contributed by atoms with van der Waals surface area (Å²) in [7, 11) is 0. The number of esters is 1. The fourth-order valence-electron chi connectivity index (χ4n) is 2.73. The minimum absolute atomic E-state index is 0.183. The van der Waals surface area contributed by atoms with Crippen LogP contribution < -0.4 is 0 Å². The Morgan fingerprint density at radius 1 is 1.42 bits per heavy atom. The van der Waals surface area contributed by atoms with Crippen LogP contribution >= 0.6 is 22.6 Å². The van der Waals surface area contributed by atoms with E-state index >= 15 is 0 Å². The van der Waals surface area contributed by atoms with Gasteiger partial charge < -0.3 is 9.29 Å². The van der Waals surface area contributed by atoms with Gasteiger partial charge in [0.2, 0.25) is 0 Å². The highest BCUT2D eigenvalue weighted by atomic mass is 127. The maximum atomic E-state index is 12.7. The van der Waals surface area contributed by atoms with Crippen LogP contribution in [0.25, 0.3) is 0 Å². The number of unbranched alkanes of at least 4 members (excludes halogenated alkanes) is 1. The molecular weight excluding hydrogens is 437 g/mol. The molecule has 1 heterocycles. The maximum absolute atomic E-state index is 12.7. The molecule has 0 fully saturated rings. The molecule has 2 rings (SSSR count). The van der Waals surface area contributed by atoms with E-state index in [1.54, 1.807) is 6.92 Å². The molecular formula is C18H24INO3S. The van der Waals surface area contributed by atoms with E-state index in [4.69, 9.17) is 4.74 Å². The van der Waals surface area contributed by atoms with Gasteiger partial charge in [0.25, 0.3) is 0 Å². The molecule has 1 unspecified atom stereocenters. The predicted octanol–water partition coefficient (Wildman–Crippen LogP) is 3.47. The van der Waals surface area contributed by atoms with Crippen molar-refractivity contribution in [3.8, 4) is 0 Å². The molecule has 0 aromatic heterocycles. The van der Waals surface area contributed by atoms with E-state index in [0.717, 1.165) is 22.0 Å². The Kier molecular flexibility index (Phi) is 8.06. The van der Waals surface area contributed by atoms with Crippen molar-refractivity contribution in [3.63, 3.8) is 0 Å². The third-order valence-corrected chi connectivity index (χ3v) is 6.63. The monoisotopic (exact) mass is 461 g/mol. The van der Waals surface area contributed by atoms with E-state index in [1.165, 1.54) is 0 Å². The van der Waals surface area contributed by atoms with Crippen molar-refractivity contribution in [3.05, 3.63) is 45.0 Å². The summed E-state index contributed by atoms with van der Waals surface area (Å²) in [6, 6.07) is 7.93. The first-order valence-corrected chi connectivity index (χ1v) is 10.7. The average Bonchev–Trinajstić information content (AvgIpc) is 2.98. The number of nitrogens with zero attached hydrogens (tertiary/aromatic N) is 1. The van der Waals surface area contributed by atoms with Crippen LogP contribution in [-0.4, -0.2) is 39.8 Å². The standard InChI is InChI=1S/C18H24INO3S/c1-3-5-12-24(22)20-11-10-15(18(21)23-4-2)17(20)13-14-8-6-7-9-16(14)19/h6-10,17H,3-5,11-13H2,1-2H3/t17-,24?/m0/s1. The van der Waals surface area contributed by atoms with Crippen molar-refractivity contribution in [2.75, 3.05) is 18.9 Å². The molecule has 4 nitrogen and oxygen atoms in total. The van der Waals surface area contributed by atoms with Crippen molar-refractivity contribution in [2.24, 2.45) is 0 Å². The number of carbonyl (C=O) groups is 1. The van der Waals surface area contributed by atoms with Gasteiger partial charge in [-0.25, -0.2) is 4.79 Å². The van der Waals surface area contributed by atoms with Crippen molar-refractivity contribution in [1.82, 2.24) is 4.31 Å². The van der Waals surface area contributed by atoms with E-state index < -0.39 is 11.4 Å². The van der Waals surface area contributed by atoms with Gasteiger partial charge in [0.15, 0.2) is 0 Å². The lowest BCUT2D eigenvalue weighted by Crippen LogP contribution is -2.41. The third-order valence-electron chi connectivity index (χ3n) is 4.01. The molecule has 1 aromatic carbocycles. The van der Waals surface area contributed by atoms with E-state index in [-0.39, 0.29) is 12.0 Å². The van der Waals surface area contributed by atoms with Gasteiger partial charge in [0.05, 0.1) is 24.8 Å². The van der Waals surface area contributed by atoms with Gasteiger partial charge in [-0.1, -0.05) is 37.6 Å². The zero-order valence-electron chi connectivity index (χ0n) is 14.2. The zero-order chi connectivity index (χ0) is 17.5. The van der Waals surface area contributed by atoms with Crippen LogP contribution in [0.5, 0.6) is 0 Å². The molecule has 1 aliphatic heterocycles. The first kappa shape index (κ1) is 19.8. The molecule has 0 saturated heterocycles. The summed E-state index contributed by atoms with van der Waals surface area (Å²) in [5.41, 5.74) is 1.80. The summed E-state index contributed by atoms with van der Waals surface area (Å²) in [6.07, 6.45) is 4.48. The molecule has 1 aromatic rings. The fraction of sp³-hybridized carbons (Fsp3) is 0.500. The summed E-state index contributed by atoms with van der Waals surface area (Å²) in [5, 5.41) is 0. The summed E-state index contributed by atoms with van der Waals surface area (Å²) in [6.45, 7) is 4.79. The van der Waals surface area contributed by atoms with E-state index in [1.807, 2.05) is 22.5 Å². The number of carbonyl (C=O) groups excluding carboxylic acids is 1. The van der Waals surface area contributed by atoms with Crippen LogP contribution in [0, 0.1) is 3.57 Å². The molecule has 6 heteroatoms. The van der Waals surface area contributed by atoms with Crippen molar-refractivity contribution in [1.29, 1.82) is 0 Å². The molecule has 24 heavy (non-hydrogen) atoms. The number of ether oxygens (including phenoxy) is 1. The summed E-state index contributed by atoms with van der Waals surface area (Å²) in [5.74, 6) is 0.353. The van der Waals surface area contributed by atoms with E-state index in [9.17, 15) is 9.35 Å². The second kappa shape index (κ2) is 9.79. The van der Waals surface area contributed by atoms with Crippen LogP contribution in [0.4, 0.5) is 0 Å². The smallest absolute Gasteiger partial charge is 0.335 e. The van der Waals surface area contributed by atoms with Gasteiger partial charge >= 0.3 is 5.97 Å². The molecule has 0 aliphatic carbocycles. The second-order valence-corrected chi connectivity index (χ2v) is 8.35. The molecule has 0 amide bonds. The highest BCUT2D eigenvalue weighted by Gasteiger charge is 2.39. The summed E-state index contributed by atoms with van der Waals surface area (Å²) < 4.78 is 21.0. The van der Waals surface area contributed by atoms with Gasteiger partial charge in [0.1, 0.15) is 5.75 Å². The van der Waals surface area contributed by atoms with Gasteiger partial charge in [-0.2, -0.15) is 0 Å². The lowest BCUT2D eigenvalue weighted by molar-refractivity contribution is -0.138. The second-order valence-electron chi connectivity index (χ2n) is 5.67. The van der Waals surface area contributed by atoms with Gasteiger partial charge in [-0.15, -0.1) is 4.31 Å². The third kappa shape index (κ3) is 4.97. The molecule has 0 spiro atoms. The summed E-state index contributed by atoms with van der Waals surface area (Å²) >= 11 is 1.23. The largest absolute Gasteiger partial charge is 0.598 e. The van der Waals surface area contributed by atoms with E-state index in [0.29, 0.717) is 30.9 Å². The Balaban J connectivity index is 2.20. The molecule has 132 valence electrons. The number of halogens is 1. The van der Waals surface area contributed by atoms with Crippen molar-refractivity contribution < 1.29 is 14.1 Å². The van der Waals surface area contributed by atoms with Crippen molar-refractivity contribution >= 4 is 39.9 Å². The lowest BCUT2D eigenvalue weighted by Gasteiger charge is -2.27. The normalized spacial score (nSPS) is 19.2. The molecule has 0 radical (unpaired) electrons. The van der Waals surface area contributed by atoms with Crippen LogP contribution in [0.15, 0.2) is 35.9 Å². The first-order valence-electron chi connectivity index (χ1n) is 8.34. The zero-order valence-corrected chi connectivity index (χ0v) is 17.1. The Morgan fingerprint density at radius 3 is 2.83 bits per heavy atom. The average molecular weight is 461 g/mol. The van der Waals surface area contributed by atoms with E-state index in [2.05, 4.69) is 41.6 Å². The minimum atomic E-state index is -1.08. The van der Waals surface area contributed by atoms with Crippen LogP contribution in [0.3, 0.4) is 0 Å². The van der Waals surface area contributed by atoms with Crippen LogP contribution in [-0.2, 0) is 27.3 Å². The van der Waals surface area contributed by atoms with Gasteiger partial charge in [0, 0.05) is 14.9 Å². The number of hydrogen-bond acceptors (Lipinski definition) is 4. The Bertz CT molecular complexity index is 593. The van der Waals surface area contributed by atoms with Gasteiger partial charge in [-0.3, -0.25) is 0 Å². The minimum Gasteiger partial charge on any atom is -0.598 e.